The highest BCUT2D eigenvalue weighted by atomic mass is 35.5. The molecule has 1 unspecified atom stereocenters. The topological polar surface area (TPSA) is 127 Å². The molecule has 2 aromatic carbocycles. The summed E-state index contributed by atoms with van der Waals surface area (Å²) in [5.41, 5.74) is 0.984. The third kappa shape index (κ3) is 7.60. The first-order chi connectivity index (χ1) is 21.1. The second kappa shape index (κ2) is 13.9. The average molecular weight is 691 g/mol. The van der Waals surface area contributed by atoms with Gasteiger partial charge in [0.05, 0.1) is 11.5 Å². The molecule has 0 amide bonds. The highest BCUT2D eigenvalue weighted by Crippen LogP contribution is 2.39. The number of aromatic nitrogens is 1. The minimum Gasteiger partial charge on any atom is -0.489 e. The number of hydrogen-bond acceptors (Lipinski definition) is 8. The van der Waals surface area contributed by atoms with Crippen molar-refractivity contribution >= 4 is 56.6 Å². The van der Waals surface area contributed by atoms with Crippen LogP contribution in [0.25, 0.3) is 0 Å². The molecule has 2 fully saturated rings. The standard InChI is InChI=1S/C28H25Cl2F2N3O7S2/c29-21-13-33-14-22(30)20(21)12-24(17-3-8-23(42-28(31)32)25(11-17)40-15-16-1-2-16)41-27(36)26-35(9-10-43-26)44(38,39)19-6-4-18(34-37)5-7-19/h3-8,11,13-14,16,24,26,28H,1-2,9-10,12,15H2/p+2/t24-,26?/m0/s1. The van der Waals surface area contributed by atoms with E-state index in [0.29, 0.717) is 29.4 Å². The summed E-state index contributed by atoms with van der Waals surface area (Å²) in [6.45, 7) is -2.74. The Bertz CT molecular complexity index is 1610. The minimum atomic E-state index is -4.14. The lowest BCUT2D eigenvalue weighted by molar-refractivity contribution is -0.379. The number of carbonyl (C=O) groups excluding carboxylic acids is 1. The SMILES string of the molecule is O=[NH+]c1ccc(S(=O)(=O)N2CCSC2C(=O)O[C@@H](Cc2c(Cl)c[nH+]cc2Cl)c2ccc(OC(F)F)c(OCC3CC3)c2)cc1. The van der Waals surface area contributed by atoms with Gasteiger partial charge in [-0.05, 0) is 48.6 Å². The van der Waals surface area contributed by atoms with Crippen molar-refractivity contribution in [1.82, 2.24) is 4.31 Å². The van der Waals surface area contributed by atoms with Gasteiger partial charge in [0.25, 0.3) is 5.69 Å². The second-order valence-electron chi connectivity index (χ2n) is 10.1. The van der Waals surface area contributed by atoms with Crippen molar-refractivity contribution in [2.24, 2.45) is 5.92 Å². The van der Waals surface area contributed by atoms with Crippen LogP contribution in [0, 0.1) is 10.8 Å². The van der Waals surface area contributed by atoms with Gasteiger partial charge in [0.15, 0.2) is 29.3 Å². The molecule has 10 nitrogen and oxygen atoms in total. The Morgan fingerprint density at radius 2 is 1.80 bits per heavy atom. The van der Waals surface area contributed by atoms with Gasteiger partial charge in [-0.1, -0.05) is 29.3 Å². The van der Waals surface area contributed by atoms with Crippen LogP contribution < -0.4 is 19.6 Å². The zero-order valence-electron chi connectivity index (χ0n) is 22.9. The van der Waals surface area contributed by atoms with Gasteiger partial charge in [0.1, 0.15) is 16.1 Å². The normalized spacial score (nSPS) is 17.8. The van der Waals surface area contributed by atoms with Gasteiger partial charge >= 0.3 is 12.6 Å². The number of carbonyl (C=O) groups is 1. The number of ether oxygens (including phenoxy) is 3. The van der Waals surface area contributed by atoms with Crippen LogP contribution in [0.1, 0.15) is 30.1 Å². The number of thioether (sulfide) groups is 1. The summed E-state index contributed by atoms with van der Waals surface area (Å²) in [5.74, 6) is -0.340. The Morgan fingerprint density at radius 1 is 1.09 bits per heavy atom. The molecule has 1 saturated carbocycles. The maximum Gasteiger partial charge on any atom is 0.387 e. The average Bonchev–Trinajstić information content (AvgIpc) is 3.69. The molecule has 2 atom stereocenters. The van der Waals surface area contributed by atoms with E-state index in [-0.39, 0.29) is 45.1 Å². The minimum absolute atomic E-state index is 0.0248. The molecule has 0 spiro atoms. The van der Waals surface area contributed by atoms with Gasteiger partial charge in [-0.2, -0.15) is 13.1 Å². The first-order valence-electron chi connectivity index (χ1n) is 13.4. The number of halogens is 4. The number of rotatable bonds is 13. The number of nitrogens with zero attached hydrogens (tertiary/aromatic N) is 1. The Kier molecular flexibility index (Phi) is 10.3. The van der Waals surface area contributed by atoms with Gasteiger partial charge in [-0.3, -0.25) is 0 Å². The van der Waals surface area contributed by atoms with Crippen molar-refractivity contribution in [3.63, 3.8) is 0 Å². The molecular weight excluding hydrogens is 663 g/mol. The summed E-state index contributed by atoms with van der Waals surface area (Å²) in [4.78, 5) is 27.3. The van der Waals surface area contributed by atoms with Crippen LogP contribution in [-0.2, 0) is 26.0 Å². The van der Waals surface area contributed by atoms with Gasteiger partial charge in [0.2, 0.25) is 10.0 Å². The number of nitrogens with one attached hydrogen (secondary N) is 2. The summed E-state index contributed by atoms with van der Waals surface area (Å²) < 4.78 is 70.6. The Hall–Kier alpha value is -3.04. The maximum absolute atomic E-state index is 13.7. The molecule has 1 aliphatic carbocycles. The first-order valence-corrected chi connectivity index (χ1v) is 16.7. The smallest absolute Gasteiger partial charge is 0.387 e. The summed E-state index contributed by atoms with van der Waals surface area (Å²) in [7, 11) is -4.14. The number of hydrogen-bond donors (Lipinski definition) is 1. The van der Waals surface area contributed by atoms with Crippen molar-refractivity contribution in [1.29, 1.82) is 0 Å². The molecule has 1 aromatic heterocycles. The molecule has 0 radical (unpaired) electrons. The predicted octanol–water partition coefficient (Wildman–Crippen LogP) is 4.27. The number of benzene rings is 2. The summed E-state index contributed by atoms with van der Waals surface area (Å²) in [6.07, 6.45) is 3.83. The van der Waals surface area contributed by atoms with E-state index in [1.54, 1.807) is 5.18 Å². The van der Waals surface area contributed by atoms with E-state index >= 15 is 0 Å². The number of alkyl halides is 2. The molecule has 2 heterocycles. The lowest BCUT2D eigenvalue weighted by atomic mass is 10.0. The van der Waals surface area contributed by atoms with Crippen LogP contribution in [0.2, 0.25) is 10.0 Å². The molecule has 5 rings (SSSR count). The summed E-state index contributed by atoms with van der Waals surface area (Å²) in [5, 5.41) is 0.990. The first kappa shape index (κ1) is 32.4. The highest BCUT2D eigenvalue weighted by Gasteiger charge is 2.42. The number of H-pyrrole nitrogens is 1. The number of sulfonamides is 1. The van der Waals surface area contributed by atoms with Crippen LogP contribution in [0.5, 0.6) is 11.5 Å². The predicted molar refractivity (Wildman–Crippen MR) is 157 cm³/mol. The molecule has 16 heteroatoms. The second-order valence-corrected chi connectivity index (χ2v) is 14.0. The summed E-state index contributed by atoms with van der Waals surface area (Å²) >= 11 is 13.9. The fourth-order valence-electron chi connectivity index (χ4n) is 4.52. The van der Waals surface area contributed by atoms with Crippen LogP contribution in [-0.4, -0.2) is 49.6 Å². The lowest BCUT2D eigenvalue weighted by Gasteiger charge is -2.26. The van der Waals surface area contributed by atoms with Crippen LogP contribution in [0.3, 0.4) is 0 Å². The van der Waals surface area contributed by atoms with Gasteiger partial charge in [-0.25, -0.2) is 18.2 Å². The molecule has 1 saturated heterocycles. The fraction of sp³-hybridized carbons (Fsp3) is 0.357. The quantitative estimate of drug-likeness (QED) is 0.264. The Morgan fingerprint density at radius 3 is 2.43 bits per heavy atom. The van der Waals surface area contributed by atoms with Gasteiger partial charge in [0, 0.05) is 46.5 Å². The molecule has 44 heavy (non-hydrogen) atoms. The zero-order chi connectivity index (χ0) is 31.4. The zero-order valence-corrected chi connectivity index (χ0v) is 26.0. The molecule has 2 N–H and O–H groups in total. The van der Waals surface area contributed by atoms with Crippen molar-refractivity contribution in [2.45, 2.75) is 42.2 Å². The molecule has 2 aliphatic rings. The third-order valence-electron chi connectivity index (χ3n) is 7.00. The van der Waals surface area contributed by atoms with E-state index in [1.807, 2.05) is 0 Å². The lowest BCUT2D eigenvalue weighted by Crippen LogP contribution is -2.55. The van der Waals surface area contributed by atoms with E-state index in [1.165, 1.54) is 54.9 Å². The number of aromatic amines is 1. The van der Waals surface area contributed by atoms with Crippen LogP contribution in [0.4, 0.5) is 14.5 Å². The van der Waals surface area contributed by atoms with E-state index in [4.69, 9.17) is 32.7 Å². The Labute approximate surface area is 266 Å². The van der Waals surface area contributed by atoms with Gasteiger partial charge in [-0.15, -0.1) is 11.8 Å². The van der Waals surface area contributed by atoms with E-state index in [0.717, 1.165) is 28.9 Å². The molecule has 3 aromatic rings. The maximum atomic E-state index is 13.7. The molecule has 234 valence electrons. The third-order valence-corrected chi connectivity index (χ3v) is 10.9. The van der Waals surface area contributed by atoms with Crippen LogP contribution >= 0.6 is 35.0 Å². The number of esters is 1. The van der Waals surface area contributed by atoms with E-state index in [2.05, 4.69) is 9.72 Å². The van der Waals surface area contributed by atoms with Crippen molar-refractivity contribution < 1.29 is 46.4 Å². The van der Waals surface area contributed by atoms with E-state index in [9.17, 15) is 26.9 Å². The number of nitroso groups, excluding NO2 is 1. The van der Waals surface area contributed by atoms with Gasteiger partial charge < -0.3 is 14.2 Å². The Balaban J connectivity index is 1.45. The van der Waals surface area contributed by atoms with Crippen LogP contribution in [0.15, 0.2) is 59.8 Å². The largest absolute Gasteiger partial charge is 0.489 e. The molecule has 0 bridgehead atoms. The van der Waals surface area contributed by atoms with Crippen molar-refractivity contribution in [3.8, 4) is 11.5 Å². The molecular formula is C28H27Cl2F2N3O7S2+2. The fourth-order valence-corrected chi connectivity index (χ4v) is 8.10. The van der Waals surface area contributed by atoms with E-state index < -0.39 is 34.1 Å². The number of pyridine rings is 1. The highest BCUT2D eigenvalue weighted by molar-refractivity contribution is 8.02. The molecule has 1 aliphatic heterocycles. The monoisotopic (exact) mass is 689 g/mol. The van der Waals surface area contributed by atoms with Crippen molar-refractivity contribution in [3.05, 3.63) is 80.9 Å². The summed E-state index contributed by atoms with van der Waals surface area (Å²) in [6, 6.07) is 9.39. The van der Waals surface area contributed by atoms with Crippen molar-refractivity contribution in [2.75, 3.05) is 18.9 Å².